The van der Waals surface area contributed by atoms with Gasteiger partial charge in [0.25, 0.3) is 0 Å². The molecule has 1 aromatic carbocycles. The zero-order chi connectivity index (χ0) is 14.0. The van der Waals surface area contributed by atoms with Gasteiger partial charge in [-0.2, -0.15) is 0 Å². The molecule has 0 spiro atoms. The molecule has 1 aromatic heterocycles. The van der Waals surface area contributed by atoms with Gasteiger partial charge in [0.1, 0.15) is 29.1 Å². The van der Waals surface area contributed by atoms with Crippen molar-refractivity contribution in [3.63, 3.8) is 0 Å². The second kappa shape index (κ2) is 5.48. The van der Waals surface area contributed by atoms with Gasteiger partial charge >= 0.3 is 0 Å². The lowest BCUT2D eigenvalue weighted by Crippen LogP contribution is -2.02. The summed E-state index contributed by atoms with van der Waals surface area (Å²) in [4.78, 5) is 8.22. The van der Waals surface area contributed by atoms with Crippen molar-refractivity contribution in [2.75, 3.05) is 17.7 Å². The average molecular weight is 329 g/mol. The first-order valence-corrected chi connectivity index (χ1v) is 6.24. The number of hydrogen-bond donors (Lipinski definition) is 2. The molecule has 2 rings (SSSR count). The van der Waals surface area contributed by atoms with Crippen LogP contribution in [0.25, 0.3) is 0 Å². The SMILES string of the molecule is CNc1cc(Nc2cc(F)c(Br)cc2F)nc(C)n1. The predicted molar refractivity (Wildman–Crippen MR) is 73.7 cm³/mol. The molecule has 100 valence electrons. The maximum atomic E-state index is 13.7. The van der Waals surface area contributed by atoms with Gasteiger partial charge in [0.05, 0.1) is 10.2 Å². The molecule has 0 aliphatic heterocycles. The molecule has 0 unspecified atom stereocenters. The Morgan fingerprint density at radius 2 is 1.74 bits per heavy atom. The Morgan fingerprint density at radius 1 is 1.05 bits per heavy atom. The molecule has 0 bridgehead atoms. The summed E-state index contributed by atoms with van der Waals surface area (Å²) in [6.45, 7) is 1.71. The van der Waals surface area contributed by atoms with Gasteiger partial charge in [-0.05, 0) is 28.9 Å². The lowest BCUT2D eigenvalue weighted by molar-refractivity contribution is 0.597. The molecule has 0 radical (unpaired) electrons. The van der Waals surface area contributed by atoms with Crippen molar-refractivity contribution in [3.8, 4) is 0 Å². The number of nitrogens with one attached hydrogen (secondary N) is 2. The number of anilines is 3. The van der Waals surface area contributed by atoms with Crippen molar-refractivity contribution in [2.24, 2.45) is 0 Å². The van der Waals surface area contributed by atoms with Crippen LogP contribution in [0.4, 0.5) is 26.1 Å². The lowest BCUT2D eigenvalue weighted by Gasteiger charge is -2.09. The van der Waals surface area contributed by atoms with E-state index in [2.05, 4.69) is 36.5 Å². The first-order valence-electron chi connectivity index (χ1n) is 5.44. The van der Waals surface area contributed by atoms with Crippen molar-refractivity contribution in [2.45, 2.75) is 6.92 Å². The summed E-state index contributed by atoms with van der Waals surface area (Å²) in [6.07, 6.45) is 0. The number of hydrogen-bond acceptors (Lipinski definition) is 4. The maximum absolute atomic E-state index is 13.7. The van der Waals surface area contributed by atoms with Crippen molar-refractivity contribution >= 4 is 33.3 Å². The normalized spacial score (nSPS) is 10.4. The van der Waals surface area contributed by atoms with Crippen LogP contribution in [0, 0.1) is 18.6 Å². The van der Waals surface area contributed by atoms with E-state index in [1.165, 1.54) is 0 Å². The second-order valence-corrected chi connectivity index (χ2v) is 4.66. The van der Waals surface area contributed by atoms with Gasteiger partial charge < -0.3 is 10.6 Å². The molecular weight excluding hydrogens is 318 g/mol. The van der Waals surface area contributed by atoms with Crippen LogP contribution in [0.15, 0.2) is 22.7 Å². The van der Waals surface area contributed by atoms with Gasteiger partial charge in [-0.15, -0.1) is 0 Å². The van der Waals surface area contributed by atoms with Crippen LogP contribution in [-0.4, -0.2) is 17.0 Å². The smallest absolute Gasteiger partial charge is 0.148 e. The minimum atomic E-state index is -0.574. The standard InChI is InChI=1S/C12H11BrF2N4/c1-6-17-11(16-2)5-12(18-6)19-10-4-8(14)7(13)3-9(10)15/h3-5H,1-2H3,(H2,16,17,18,19). The Balaban J connectivity index is 2.36. The largest absolute Gasteiger partial charge is 0.373 e. The molecule has 0 atom stereocenters. The van der Waals surface area contributed by atoms with Crippen LogP contribution in [0.3, 0.4) is 0 Å². The molecule has 19 heavy (non-hydrogen) atoms. The number of rotatable bonds is 3. The third-order valence-corrected chi connectivity index (χ3v) is 2.97. The van der Waals surface area contributed by atoms with Crippen LogP contribution >= 0.6 is 15.9 Å². The monoisotopic (exact) mass is 328 g/mol. The highest BCUT2D eigenvalue weighted by Gasteiger charge is 2.09. The molecule has 4 nitrogen and oxygen atoms in total. The summed E-state index contributed by atoms with van der Waals surface area (Å²) >= 11 is 2.92. The summed E-state index contributed by atoms with van der Waals surface area (Å²) in [5.41, 5.74) is 0.0147. The molecular formula is C12H11BrF2N4. The Morgan fingerprint density at radius 3 is 2.42 bits per heavy atom. The predicted octanol–water partition coefficient (Wildman–Crippen LogP) is 3.61. The molecule has 0 fully saturated rings. The van der Waals surface area contributed by atoms with Crippen LogP contribution in [0.2, 0.25) is 0 Å². The number of aryl methyl sites for hydroxylation is 1. The van der Waals surface area contributed by atoms with E-state index in [0.717, 1.165) is 12.1 Å². The van der Waals surface area contributed by atoms with Gasteiger partial charge in [-0.3, -0.25) is 0 Å². The lowest BCUT2D eigenvalue weighted by atomic mass is 10.3. The van der Waals surface area contributed by atoms with Crippen molar-refractivity contribution in [3.05, 3.63) is 40.1 Å². The van der Waals surface area contributed by atoms with E-state index in [-0.39, 0.29) is 10.2 Å². The van der Waals surface area contributed by atoms with E-state index in [0.29, 0.717) is 17.5 Å². The van der Waals surface area contributed by atoms with E-state index in [4.69, 9.17) is 0 Å². The zero-order valence-corrected chi connectivity index (χ0v) is 11.8. The molecule has 1 heterocycles. The number of aromatic nitrogens is 2. The van der Waals surface area contributed by atoms with Crippen molar-refractivity contribution in [1.82, 2.24) is 9.97 Å². The fourth-order valence-electron chi connectivity index (χ4n) is 1.52. The molecule has 0 aliphatic rings. The Bertz CT molecular complexity index is 619. The highest BCUT2D eigenvalue weighted by molar-refractivity contribution is 9.10. The molecule has 0 saturated carbocycles. The van der Waals surface area contributed by atoms with Crippen LogP contribution in [0.5, 0.6) is 0 Å². The van der Waals surface area contributed by atoms with E-state index < -0.39 is 11.6 Å². The van der Waals surface area contributed by atoms with E-state index in [9.17, 15) is 8.78 Å². The summed E-state index contributed by atoms with van der Waals surface area (Å²) in [6, 6.07) is 3.73. The van der Waals surface area contributed by atoms with Gasteiger partial charge in [-0.25, -0.2) is 18.7 Å². The maximum Gasteiger partial charge on any atom is 0.148 e. The highest BCUT2D eigenvalue weighted by atomic mass is 79.9. The summed E-state index contributed by atoms with van der Waals surface area (Å²) in [5.74, 6) is 0.372. The molecule has 0 saturated heterocycles. The minimum Gasteiger partial charge on any atom is -0.373 e. The Kier molecular flexibility index (Phi) is 3.94. The Hall–Kier alpha value is -1.76. The molecule has 0 amide bonds. The minimum absolute atomic E-state index is 0.0147. The highest BCUT2D eigenvalue weighted by Crippen LogP contribution is 2.26. The summed E-state index contributed by atoms with van der Waals surface area (Å²) < 4.78 is 27.1. The van der Waals surface area contributed by atoms with Gasteiger partial charge in [0, 0.05) is 19.2 Å². The summed E-state index contributed by atoms with van der Waals surface area (Å²) in [5, 5.41) is 5.59. The van der Waals surface area contributed by atoms with Crippen LogP contribution in [0.1, 0.15) is 5.82 Å². The third kappa shape index (κ3) is 3.17. The number of nitrogens with zero attached hydrogens (tertiary/aromatic N) is 2. The van der Waals surface area contributed by atoms with Gasteiger partial charge in [-0.1, -0.05) is 0 Å². The Labute approximate surface area is 117 Å². The molecule has 2 N–H and O–H groups in total. The average Bonchev–Trinajstić information content (AvgIpc) is 2.35. The quantitative estimate of drug-likeness (QED) is 0.845. The van der Waals surface area contributed by atoms with Crippen LogP contribution < -0.4 is 10.6 Å². The van der Waals surface area contributed by atoms with E-state index in [1.807, 2.05) is 0 Å². The first kappa shape index (κ1) is 13.7. The first-order chi connectivity index (χ1) is 8.99. The van der Waals surface area contributed by atoms with Gasteiger partial charge in [0.2, 0.25) is 0 Å². The molecule has 7 heteroatoms. The third-order valence-electron chi connectivity index (χ3n) is 2.37. The fraction of sp³-hybridized carbons (Fsp3) is 0.167. The van der Waals surface area contributed by atoms with Crippen molar-refractivity contribution < 1.29 is 8.78 Å². The van der Waals surface area contributed by atoms with Gasteiger partial charge in [0.15, 0.2) is 0 Å². The second-order valence-electron chi connectivity index (χ2n) is 3.81. The topological polar surface area (TPSA) is 49.8 Å². The number of benzene rings is 1. The summed E-state index contributed by atoms with van der Waals surface area (Å²) in [7, 11) is 1.71. The van der Waals surface area contributed by atoms with Crippen LogP contribution in [-0.2, 0) is 0 Å². The molecule has 2 aromatic rings. The zero-order valence-electron chi connectivity index (χ0n) is 10.3. The fourth-order valence-corrected chi connectivity index (χ4v) is 1.83. The molecule has 0 aliphatic carbocycles. The van der Waals surface area contributed by atoms with Crippen molar-refractivity contribution in [1.29, 1.82) is 0 Å². The number of halogens is 3. The van der Waals surface area contributed by atoms with E-state index in [1.54, 1.807) is 20.0 Å². The van der Waals surface area contributed by atoms with E-state index >= 15 is 0 Å².